The van der Waals surface area contributed by atoms with Gasteiger partial charge in [-0.1, -0.05) is 6.07 Å². The number of urea groups is 1. The lowest BCUT2D eigenvalue weighted by Crippen LogP contribution is -2.43. The van der Waals surface area contributed by atoms with Gasteiger partial charge in [-0.15, -0.1) is 0 Å². The molecule has 5 nitrogen and oxygen atoms in total. The molecule has 18 heavy (non-hydrogen) atoms. The molecule has 0 aliphatic heterocycles. The highest BCUT2D eigenvalue weighted by molar-refractivity contribution is 5.89. The number of hydrogen-bond acceptors (Lipinski definition) is 3. The number of rotatable bonds is 4. The van der Waals surface area contributed by atoms with Gasteiger partial charge in [0.2, 0.25) is 0 Å². The summed E-state index contributed by atoms with van der Waals surface area (Å²) in [5.41, 5.74) is 5.78. The van der Waals surface area contributed by atoms with Crippen molar-refractivity contribution >= 4 is 11.7 Å². The van der Waals surface area contributed by atoms with E-state index in [0.717, 1.165) is 0 Å². The van der Waals surface area contributed by atoms with Crippen molar-refractivity contribution < 1.29 is 9.53 Å². The Morgan fingerprint density at radius 3 is 2.72 bits per heavy atom. The smallest absolute Gasteiger partial charge is 0.319 e. The van der Waals surface area contributed by atoms with Crippen LogP contribution >= 0.6 is 0 Å². The highest BCUT2D eigenvalue weighted by Crippen LogP contribution is 2.17. The first-order valence-corrected chi connectivity index (χ1v) is 5.93. The van der Waals surface area contributed by atoms with Gasteiger partial charge in [0, 0.05) is 23.8 Å². The topological polar surface area (TPSA) is 76.4 Å². The SMILES string of the molecule is CC(C)(C)NC(=O)Nc1cccc(OCCN)c1. The maximum absolute atomic E-state index is 11.7. The molecular weight excluding hydrogens is 230 g/mol. The minimum atomic E-state index is -0.266. The molecule has 0 aliphatic rings. The summed E-state index contributed by atoms with van der Waals surface area (Å²) in [5, 5.41) is 5.57. The zero-order valence-corrected chi connectivity index (χ0v) is 11.1. The summed E-state index contributed by atoms with van der Waals surface area (Å²) in [6.45, 7) is 6.69. The third kappa shape index (κ3) is 5.54. The van der Waals surface area contributed by atoms with Crippen molar-refractivity contribution in [2.45, 2.75) is 26.3 Å². The maximum Gasteiger partial charge on any atom is 0.319 e. The number of nitrogens with two attached hydrogens (primary N) is 1. The van der Waals surface area contributed by atoms with Crippen molar-refractivity contribution in [2.75, 3.05) is 18.5 Å². The Balaban J connectivity index is 2.59. The molecule has 0 bridgehead atoms. The molecule has 0 unspecified atom stereocenters. The second-order valence-electron chi connectivity index (χ2n) is 4.99. The predicted molar refractivity (Wildman–Crippen MR) is 72.9 cm³/mol. The van der Waals surface area contributed by atoms with Crippen LogP contribution in [0.25, 0.3) is 0 Å². The zero-order valence-electron chi connectivity index (χ0n) is 11.1. The lowest BCUT2D eigenvalue weighted by molar-refractivity contribution is 0.244. The number of nitrogens with one attached hydrogen (secondary N) is 2. The van der Waals surface area contributed by atoms with Crippen LogP contribution in [0.2, 0.25) is 0 Å². The van der Waals surface area contributed by atoms with Crippen molar-refractivity contribution in [3.05, 3.63) is 24.3 Å². The maximum atomic E-state index is 11.7. The Morgan fingerprint density at radius 1 is 1.39 bits per heavy atom. The van der Waals surface area contributed by atoms with E-state index in [1.807, 2.05) is 32.9 Å². The van der Waals surface area contributed by atoms with Crippen molar-refractivity contribution in [1.82, 2.24) is 5.32 Å². The van der Waals surface area contributed by atoms with Crippen LogP contribution < -0.4 is 21.1 Å². The van der Waals surface area contributed by atoms with Gasteiger partial charge in [-0.25, -0.2) is 4.79 Å². The molecule has 5 heteroatoms. The van der Waals surface area contributed by atoms with Crippen LogP contribution in [-0.2, 0) is 0 Å². The Labute approximate surface area is 108 Å². The lowest BCUT2D eigenvalue weighted by Gasteiger charge is -2.20. The van der Waals surface area contributed by atoms with Gasteiger partial charge < -0.3 is 21.1 Å². The number of carbonyl (C=O) groups excluding carboxylic acids is 1. The molecule has 0 atom stereocenters. The summed E-state index contributed by atoms with van der Waals surface area (Å²) < 4.78 is 5.38. The van der Waals surface area contributed by atoms with Gasteiger partial charge in [-0.05, 0) is 32.9 Å². The van der Waals surface area contributed by atoms with E-state index in [1.54, 1.807) is 12.1 Å². The first-order chi connectivity index (χ1) is 8.40. The van der Waals surface area contributed by atoms with E-state index < -0.39 is 0 Å². The van der Waals surface area contributed by atoms with Crippen LogP contribution in [0.15, 0.2) is 24.3 Å². The summed E-state index contributed by atoms with van der Waals surface area (Å²) in [4.78, 5) is 11.7. The lowest BCUT2D eigenvalue weighted by atomic mass is 10.1. The average molecular weight is 251 g/mol. The molecule has 100 valence electrons. The Bertz CT molecular complexity index is 399. The van der Waals surface area contributed by atoms with Gasteiger partial charge >= 0.3 is 6.03 Å². The average Bonchev–Trinajstić information content (AvgIpc) is 2.24. The second kappa shape index (κ2) is 6.26. The summed E-state index contributed by atoms with van der Waals surface area (Å²) in [6, 6.07) is 6.97. The standard InChI is InChI=1S/C13H21N3O2/c1-13(2,3)16-12(17)15-10-5-4-6-11(9-10)18-8-7-14/h4-6,9H,7-8,14H2,1-3H3,(H2,15,16,17). The molecular formula is C13H21N3O2. The number of ether oxygens (including phenoxy) is 1. The van der Waals surface area contributed by atoms with Crippen molar-refractivity contribution in [1.29, 1.82) is 0 Å². The van der Waals surface area contributed by atoms with Gasteiger partial charge in [0.25, 0.3) is 0 Å². The number of hydrogen-bond donors (Lipinski definition) is 3. The molecule has 1 aromatic carbocycles. The molecule has 0 radical (unpaired) electrons. The highest BCUT2D eigenvalue weighted by atomic mass is 16.5. The van der Waals surface area contributed by atoms with Gasteiger partial charge in [0.05, 0.1) is 0 Å². The summed E-state index contributed by atoms with van der Waals surface area (Å²) in [5.74, 6) is 0.689. The molecule has 0 fully saturated rings. The van der Waals surface area contributed by atoms with Gasteiger partial charge in [0.1, 0.15) is 12.4 Å². The van der Waals surface area contributed by atoms with Crippen LogP contribution in [0, 0.1) is 0 Å². The largest absolute Gasteiger partial charge is 0.492 e. The highest BCUT2D eigenvalue weighted by Gasteiger charge is 2.13. The molecule has 0 heterocycles. The molecule has 2 amide bonds. The molecule has 4 N–H and O–H groups in total. The van der Waals surface area contributed by atoms with Crippen molar-refractivity contribution in [3.63, 3.8) is 0 Å². The van der Waals surface area contributed by atoms with Crippen molar-refractivity contribution in [3.8, 4) is 5.75 Å². The third-order valence-electron chi connectivity index (χ3n) is 1.97. The number of anilines is 1. The summed E-state index contributed by atoms with van der Waals surface area (Å²) in [7, 11) is 0. The number of benzene rings is 1. The molecule has 0 spiro atoms. The molecule has 1 rings (SSSR count). The zero-order chi connectivity index (χ0) is 13.6. The van der Waals surface area contributed by atoms with Crippen LogP contribution in [0.1, 0.15) is 20.8 Å². The van der Waals surface area contributed by atoms with Gasteiger partial charge in [-0.2, -0.15) is 0 Å². The van der Waals surface area contributed by atoms with Crippen LogP contribution in [0.4, 0.5) is 10.5 Å². The molecule has 0 aromatic heterocycles. The Kier molecular flexibility index (Phi) is 4.97. The first-order valence-electron chi connectivity index (χ1n) is 5.93. The normalized spacial score (nSPS) is 10.9. The van der Waals surface area contributed by atoms with Gasteiger partial charge in [-0.3, -0.25) is 0 Å². The molecule has 0 saturated carbocycles. The Hall–Kier alpha value is -1.75. The summed E-state index contributed by atoms with van der Waals surface area (Å²) >= 11 is 0. The van der Waals surface area contributed by atoms with E-state index in [-0.39, 0.29) is 11.6 Å². The third-order valence-corrected chi connectivity index (χ3v) is 1.97. The van der Waals surface area contributed by atoms with Crippen LogP contribution in [-0.4, -0.2) is 24.7 Å². The molecule has 0 aliphatic carbocycles. The van der Waals surface area contributed by atoms with Gasteiger partial charge in [0.15, 0.2) is 0 Å². The molecule has 1 aromatic rings. The Morgan fingerprint density at radius 2 is 2.11 bits per heavy atom. The van der Waals surface area contributed by atoms with E-state index in [0.29, 0.717) is 24.6 Å². The number of carbonyl (C=O) groups is 1. The van der Waals surface area contributed by atoms with E-state index in [1.165, 1.54) is 0 Å². The minimum Gasteiger partial charge on any atom is -0.492 e. The fourth-order valence-corrected chi connectivity index (χ4v) is 1.34. The van der Waals surface area contributed by atoms with E-state index in [2.05, 4.69) is 10.6 Å². The monoisotopic (exact) mass is 251 g/mol. The second-order valence-corrected chi connectivity index (χ2v) is 4.99. The van der Waals surface area contributed by atoms with E-state index in [9.17, 15) is 4.79 Å². The predicted octanol–water partition coefficient (Wildman–Crippen LogP) is 1.94. The fraction of sp³-hybridized carbons (Fsp3) is 0.462. The van der Waals surface area contributed by atoms with Crippen LogP contribution in [0.5, 0.6) is 5.75 Å². The molecule has 0 saturated heterocycles. The quantitative estimate of drug-likeness (QED) is 0.765. The van der Waals surface area contributed by atoms with Crippen molar-refractivity contribution in [2.24, 2.45) is 5.73 Å². The number of amides is 2. The van der Waals surface area contributed by atoms with E-state index in [4.69, 9.17) is 10.5 Å². The van der Waals surface area contributed by atoms with E-state index >= 15 is 0 Å². The van der Waals surface area contributed by atoms with Crippen LogP contribution in [0.3, 0.4) is 0 Å². The first kappa shape index (κ1) is 14.3. The minimum absolute atomic E-state index is 0.238. The summed E-state index contributed by atoms with van der Waals surface area (Å²) in [6.07, 6.45) is 0. The fourth-order valence-electron chi connectivity index (χ4n) is 1.34.